The van der Waals surface area contributed by atoms with Crippen molar-refractivity contribution < 1.29 is 0 Å². The van der Waals surface area contributed by atoms with Crippen molar-refractivity contribution in [2.24, 2.45) is 17.8 Å². The van der Waals surface area contributed by atoms with Crippen LogP contribution in [0.2, 0.25) is 0 Å². The number of rotatable bonds is 7. The molecule has 0 aromatic carbocycles. The number of fused-ring (bicyclic) bond motifs is 1. The van der Waals surface area contributed by atoms with Gasteiger partial charge in [0, 0.05) is 25.6 Å². The Morgan fingerprint density at radius 1 is 0.909 bits per heavy atom. The molecular formula is C27H36N6. The van der Waals surface area contributed by atoms with Crippen molar-refractivity contribution in [1.29, 1.82) is 0 Å². The molecule has 2 atom stereocenters. The number of pyridine rings is 1. The van der Waals surface area contributed by atoms with E-state index in [1.165, 1.54) is 94.6 Å². The van der Waals surface area contributed by atoms with Gasteiger partial charge in [-0.1, -0.05) is 0 Å². The van der Waals surface area contributed by atoms with Crippen LogP contribution in [0.3, 0.4) is 0 Å². The summed E-state index contributed by atoms with van der Waals surface area (Å²) in [6.45, 7) is 8.47. The van der Waals surface area contributed by atoms with Gasteiger partial charge in [0.25, 0.3) is 0 Å². The lowest BCUT2D eigenvalue weighted by atomic mass is 9.87. The summed E-state index contributed by atoms with van der Waals surface area (Å²) in [5, 5.41) is 3.50. The Labute approximate surface area is 197 Å². The SMILES string of the molecule is Cc1c(C2CCN(CC3CC3)CC2)cc(Nc2cnc(C3CC3)cn2)nc1N1CC2CC2C1. The topological polar surface area (TPSA) is 57.2 Å². The van der Waals surface area contributed by atoms with E-state index in [0.717, 1.165) is 35.1 Å². The quantitative estimate of drug-likeness (QED) is 0.659. The number of anilines is 3. The number of hydrogen-bond acceptors (Lipinski definition) is 6. The fourth-order valence-corrected chi connectivity index (χ4v) is 6.20. The molecule has 6 nitrogen and oxygen atoms in total. The van der Waals surface area contributed by atoms with Crippen LogP contribution in [0.25, 0.3) is 0 Å². The number of aromatic nitrogens is 3. The lowest BCUT2D eigenvalue weighted by Gasteiger charge is -2.34. The monoisotopic (exact) mass is 444 g/mol. The highest BCUT2D eigenvalue weighted by Crippen LogP contribution is 2.47. The maximum absolute atomic E-state index is 5.13. The summed E-state index contributed by atoms with van der Waals surface area (Å²) in [6.07, 6.45) is 13.2. The van der Waals surface area contributed by atoms with Crippen molar-refractivity contribution in [3.63, 3.8) is 0 Å². The van der Waals surface area contributed by atoms with E-state index in [9.17, 15) is 0 Å². The molecule has 5 aliphatic rings. The number of piperidine rings is 2. The molecule has 0 amide bonds. The standard InChI is InChI=1S/C27H36N6/c1-17-23(19-6-8-32(9-7-19)14-18-2-3-18)11-25(31-27(17)33-15-21-10-22(21)16-33)30-26-13-28-24(12-29-26)20-4-5-20/h11-13,18-22H,2-10,14-16H2,1H3,(H,29,30,31). The molecule has 3 aliphatic carbocycles. The van der Waals surface area contributed by atoms with Crippen LogP contribution in [0.5, 0.6) is 0 Å². The third-order valence-electron chi connectivity index (χ3n) is 8.73. The van der Waals surface area contributed by atoms with E-state index in [2.05, 4.69) is 38.1 Å². The van der Waals surface area contributed by atoms with Gasteiger partial charge in [0.15, 0.2) is 0 Å². The predicted molar refractivity (Wildman–Crippen MR) is 131 cm³/mol. The molecule has 6 heteroatoms. The normalized spacial score (nSPS) is 27.6. The highest BCUT2D eigenvalue weighted by atomic mass is 15.2. The molecule has 2 aliphatic heterocycles. The van der Waals surface area contributed by atoms with Gasteiger partial charge in [0.2, 0.25) is 0 Å². The Kier molecular flexibility index (Phi) is 4.85. The molecule has 0 spiro atoms. The van der Waals surface area contributed by atoms with Gasteiger partial charge < -0.3 is 15.1 Å². The number of nitrogens with zero attached hydrogens (tertiary/aromatic N) is 5. The molecule has 3 saturated carbocycles. The first kappa shape index (κ1) is 20.2. The summed E-state index contributed by atoms with van der Waals surface area (Å²) in [5.74, 6) is 6.98. The molecule has 5 fully saturated rings. The number of hydrogen-bond donors (Lipinski definition) is 1. The first-order valence-electron chi connectivity index (χ1n) is 13.3. The molecule has 2 aromatic rings. The van der Waals surface area contributed by atoms with Crippen LogP contribution in [0.1, 0.15) is 73.6 Å². The van der Waals surface area contributed by atoms with Gasteiger partial charge >= 0.3 is 0 Å². The van der Waals surface area contributed by atoms with Crippen molar-refractivity contribution in [3.05, 3.63) is 35.3 Å². The van der Waals surface area contributed by atoms with E-state index in [1.807, 2.05) is 12.4 Å². The van der Waals surface area contributed by atoms with Crippen LogP contribution in [0.15, 0.2) is 18.5 Å². The molecule has 2 aromatic heterocycles. The van der Waals surface area contributed by atoms with E-state index < -0.39 is 0 Å². The van der Waals surface area contributed by atoms with Gasteiger partial charge in [-0.15, -0.1) is 0 Å². The van der Waals surface area contributed by atoms with E-state index in [4.69, 9.17) is 4.98 Å². The summed E-state index contributed by atoms with van der Waals surface area (Å²) in [4.78, 5) is 19.7. The van der Waals surface area contributed by atoms with Gasteiger partial charge in [-0.05, 0) is 106 Å². The minimum Gasteiger partial charge on any atom is -0.356 e. The van der Waals surface area contributed by atoms with E-state index in [0.29, 0.717) is 11.8 Å². The first-order chi connectivity index (χ1) is 16.2. The number of likely N-dealkylation sites (tertiary alicyclic amines) is 1. The molecule has 7 rings (SSSR count). The Morgan fingerprint density at radius 2 is 1.70 bits per heavy atom. The van der Waals surface area contributed by atoms with E-state index >= 15 is 0 Å². The summed E-state index contributed by atoms with van der Waals surface area (Å²) in [6, 6.07) is 2.31. The molecule has 33 heavy (non-hydrogen) atoms. The van der Waals surface area contributed by atoms with Gasteiger partial charge in [-0.3, -0.25) is 4.98 Å². The Balaban J connectivity index is 1.14. The Morgan fingerprint density at radius 3 is 2.36 bits per heavy atom. The lowest BCUT2D eigenvalue weighted by molar-refractivity contribution is 0.204. The molecule has 4 heterocycles. The van der Waals surface area contributed by atoms with Crippen molar-refractivity contribution in [1.82, 2.24) is 19.9 Å². The largest absolute Gasteiger partial charge is 0.356 e. The maximum atomic E-state index is 5.13. The van der Waals surface area contributed by atoms with Crippen LogP contribution in [0, 0.1) is 24.7 Å². The highest BCUT2D eigenvalue weighted by molar-refractivity contribution is 5.62. The molecule has 174 valence electrons. The summed E-state index contributed by atoms with van der Waals surface area (Å²) in [5.41, 5.74) is 4.03. The second kappa shape index (κ2) is 7.93. The predicted octanol–water partition coefficient (Wildman–Crippen LogP) is 4.85. The maximum Gasteiger partial charge on any atom is 0.150 e. The van der Waals surface area contributed by atoms with Crippen LogP contribution >= 0.6 is 0 Å². The third kappa shape index (κ3) is 4.23. The Bertz CT molecular complexity index is 1010. The molecule has 0 radical (unpaired) electrons. The minimum atomic E-state index is 0.628. The van der Waals surface area contributed by atoms with Crippen molar-refractivity contribution in [3.8, 4) is 0 Å². The van der Waals surface area contributed by atoms with E-state index in [-0.39, 0.29) is 0 Å². The van der Waals surface area contributed by atoms with Crippen LogP contribution in [0.4, 0.5) is 17.5 Å². The number of nitrogens with one attached hydrogen (secondary N) is 1. The fourth-order valence-electron chi connectivity index (χ4n) is 6.20. The van der Waals surface area contributed by atoms with Gasteiger partial charge in [-0.25, -0.2) is 9.97 Å². The zero-order valence-electron chi connectivity index (χ0n) is 19.8. The third-order valence-corrected chi connectivity index (χ3v) is 8.73. The average molecular weight is 445 g/mol. The lowest BCUT2D eigenvalue weighted by Crippen LogP contribution is -2.34. The first-order valence-corrected chi connectivity index (χ1v) is 13.3. The highest BCUT2D eigenvalue weighted by Gasteiger charge is 2.46. The van der Waals surface area contributed by atoms with Crippen molar-refractivity contribution in [2.45, 2.75) is 63.7 Å². The van der Waals surface area contributed by atoms with Crippen molar-refractivity contribution in [2.75, 3.05) is 42.9 Å². The van der Waals surface area contributed by atoms with Gasteiger partial charge in [0.05, 0.1) is 18.1 Å². The Hall–Kier alpha value is -2.21. The summed E-state index contributed by atoms with van der Waals surface area (Å²) < 4.78 is 0. The van der Waals surface area contributed by atoms with E-state index in [1.54, 1.807) is 0 Å². The molecular weight excluding hydrogens is 408 g/mol. The minimum absolute atomic E-state index is 0.628. The van der Waals surface area contributed by atoms with Gasteiger partial charge in [-0.2, -0.15) is 0 Å². The summed E-state index contributed by atoms with van der Waals surface area (Å²) >= 11 is 0. The average Bonchev–Trinajstić information content (AvgIpc) is 3.73. The van der Waals surface area contributed by atoms with Crippen LogP contribution in [-0.4, -0.2) is 52.6 Å². The molecule has 2 unspecified atom stereocenters. The molecule has 0 bridgehead atoms. The molecule has 1 N–H and O–H groups in total. The fraction of sp³-hybridized carbons (Fsp3) is 0.667. The zero-order chi connectivity index (χ0) is 21.9. The zero-order valence-corrected chi connectivity index (χ0v) is 19.8. The smallest absolute Gasteiger partial charge is 0.150 e. The molecule has 2 saturated heterocycles. The van der Waals surface area contributed by atoms with Gasteiger partial charge in [0.1, 0.15) is 17.5 Å². The second-order valence-electron chi connectivity index (χ2n) is 11.5. The van der Waals surface area contributed by atoms with Crippen LogP contribution in [-0.2, 0) is 0 Å². The van der Waals surface area contributed by atoms with Crippen molar-refractivity contribution >= 4 is 17.5 Å². The second-order valence-corrected chi connectivity index (χ2v) is 11.5. The summed E-state index contributed by atoms with van der Waals surface area (Å²) in [7, 11) is 0. The van der Waals surface area contributed by atoms with Crippen LogP contribution < -0.4 is 10.2 Å².